The van der Waals surface area contributed by atoms with Crippen LogP contribution in [0.15, 0.2) is 29.1 Å². The van der Waals surface area contributed by atoms with E-state index in [2.05, 4.69) is 9.88 Å². The lowest BCUT2D eigenvalue weighted by atomic mass is 10.2. The van der Waals surface area contributed by atoms with Gasteiger partial charge in [-0.3, -0.25) is 19.1 Å². The average Bonchev–Trinajstić information content (AvgIpc) is 3.14. The second-order valence-electron chi connectivity index (χ2n) is 6.72. The quantitative estimate of drug-likeness (QED) is 0.806. The van der Waals surface area contributed by atoms with E-state index in [1.54, 1.807) is 17.7 Å². The molecule has 4 rings (SSSR count). The number of carbonyl (C=O) groups excluding carboxylic acids is 1. The Labute approximate surface area is 145 Å². The predicted octanol–water partition coefficient (Wildman–Crippen LogP) is 0.367. The topological polar surface area (TPSA) is 67.7 Å². The Bertz CT molecular complexity index is 857. The Morgan fingerprint density at radius 3 is 2.84 bits per heavy atom. The van der Waals surface area contributed by atoms with Gasteiger partial charge in [-0.15, -0.1) is 0 Å². The molecule has 2 aliphatic rings. The zero-order chi connectivity index (χ0) is 17.4. The minimum absolute atomic E-state index is 0.0475. The molecule has 2 aliphatic heterocycles. The highest BCUT2D eigenvalue weighted by atomic mass is 16.5. The number of nitrogens with zero attached hydrogens (tertiary/aromatic N) is 4. The van der Waals surface area contributed by atoms with Gasteiger partial charge in [0, 0.05) is 26.7 Å². The van der Waals surface area contributed by atoms with Gasteiger partial charge in [0.05, 0.1) is 36.6 Å². The van der Waals surface area contributed by atoms with Crippen LogP contribution in [-0.2, 0) is 23.1 Å². The molecule has 0 radical (unpaired) electrons. The zero-order valence-corrected chi connectivity index (χ0v) is 14.4. The van der Waals surface area contributed by atoms with Crippen molar-refractivity contribution in [2.45, 2.75) is 19.0 Å². The Balaban J connectivity index is 1.51. The molecule has 7 nitrogen and oxygen atoms in total. The van der Waals surface area contributed by atoms with Crippen molar-refractivity contribution in [2.75, 3.05) is 32.8 Å². The lowest BCUT2D eigenvalue weighted by Crippen LogP contribution is -2.54. The molecule has 2 fully saturated rings. The summed E-state index contributed by atoms with van der Waals surface area (Å²) in [6.45, 7) is 3.73. The molecule has 7 heteroatoms. The molecule has 0 aliphatic carbocycles. The summed E-state index contributed by atoms with van der Waals surface area (Å²) in [5.74, 6) is 0.821. The molecule has 0 bridgehead atoms. The van der Waals surface area contributed by atoms with Crippen LogP contribution in [-0.4, -0.2) is 64.1 Å². The van der Waals surface area contributed by atoms with Crippen LogP contribution in [0.2, 0.25) is 0 Å². The van der Waals surface area contributed by atoms with Crippen molar-refractivity contribution in [3.8, 4) is 0 Å². The minimum Gasteiger partial charge on any atom is -0.379 e. The van der Waals surface area contributed by atoms with E-state index in [4.69, 9.17) is 4.74 Å². The van der Waals surface area contributed by atoms with Gasteiger partial charge in [0.2, 0.25) is 5.91 Å². The van der Waals surface area contributed by atoms with Gasteiger partial charge in [-0.05, 0) is 18.6 Å². The minimum atomic E-state index is -0.0475. The third-order valence-electron chi connectivity index (χ3n) is 5.12. The third-order valence-corrected chi connectivity index (χ3v) is 5.12. The van der Waals surface area contributed by atoms with Crippen molar-refractivity contribution < 1.29 is 9.53 Å². The summed E-state index contributed by atoms with van der Waals surface area (Å²) >= 11 is 0. The maximum atomic E-state index is 12.5. The summed E-state index contributed by atoms with van der Waals surface area (Å²) in [6, 6.07) is 7.59. The Kier molecular flexibility index (Phi) is 4.27. The fourth-order valence-corrected chi connectivity index (χ4v) is 3.63. The second kappa shape index (κ2) is 6.57. The van der Waals surface area contributed by atoms with Gasteiger partial charge in [-0.2, -0.15) is 0 Å². The zero-order valence-electron chi connectivity index (χ0n) is 14.4. The van der Waals surface area contributed by atoms with Gasteiger partial charge in [0.25, 0.3) is 5.56 Å². The summed E-state index contributed by atoms with van der Waals surface area (Å²) in [6.07, 6.45) is 0.923. The van der Waals surface area contributed by atoms with E-state index in [9.17, 15) is 9.59 Å². The maximum Gasteiger partial charge on any atom is 0.261 e. The van der Waals surface area contributed by atoms with E-state index in [1.165, 1.54) is 0 Å². The van der Waals surface area contributed by atoms with Crippen LogP contribution in [0.25, 0.3) is 10.9 Å². The van der Waals surface area contributed by atoms with E-state index < -0.39 is 0 Å². The fourth-order valence-electron chi connectivity index (χ4n) is 3.63. The first-order valence-corrected chi connectivity index (χ1v) is 8.67. The number of para-hydroxylation sites is 1. The van der Waals surface area contributed by atoms with Crippen molar-refractivity contribution in [1.29, 1.82) is 0 Å². The molecule has 1 unspecified atom stereocenters. The molecule has 25 heavy (non-hydrogen) atoms. The number of hydrogen-bond acceptors (Lipinski definition) is 5. The number of amides is 1. The monoisotopic (exact) mass is 342 g/mol. The highest BCUT2D eigenvalue weighted by molar-refractivity contribution is 5.79. The van der Waals surface area contributed by atoms with Crippen LogP contribution >= 0.6 is 0 Å². The average molecular weight is 342 g/mol. The van der Waals surface area contributed by atoms with Crippen molar-refractivity contribution >= 4 is 16.8 Å². The van der Waals surface area contributed by atoms with Gasteiger partial charge in [-0.25, -0.2) is 4.98 Å². The molecule has 2 aromatic rings. The van der Waals surface area contributed by atoms with Crippen molar-refractivity contribution in [3.63, 3.8) is 0 Å². The summed E-state index contributed by atoms with van der Waals surface area (Å²) in [5.41, 5.74) is 0.655. The summed E-state index contributed by atoms with van der Waals surface area (Å²) < 4.78 is 6.98. The highest BCUT2D eigenvalue weighted by Crippen LogP contribution is 2.17. The maximum absolute atomic E-state index is 12.5. The van der Waals surface area contributed by atoms with Crippen molar-refractivity contribution in [2.24, 2.45) is 7.05 Å². The number of fused-ring (bicyclic) bond motifs is 1. The first-order valence-electron chi connectivity index (χ1n) is 8.67. The van der Waals surface area contributed by atoms with Crippen LogP contribution in [0.1, 0.15) is 12.2 Å². The van der Waals surface area contributed by atoms with Crippen LogP contribution in [0.4, 0.5) is 0 Å². The smallest absolute Gasteiger partial charge is 0.261 e. The summed E-state index contributed by atoms with van der Waals surface area (Å²) in [5, 5.41) is 0.621. The van der Waals surface area contributed by atoms with E-state index in [0.29, 0.717) is 43.0 Å². The number of piperazine rings is 1. The standard InChI is InChI=1S/C18H22N4O3/c1-20-16(19-15-5-3-2-4-14(15)18(20)24)10-21-7-8-22(17(23)11-21)13-6-9-25-12-13/h2-5,13H,6-12H2,1H3. The summed E-state index contributed by atoms with van der Waals surface area (Å²) in [4.78, 5) is 33.6. The molecule has 0 saturated carbocycles. The Hall–Kier alpha value is -2.25. The second-order valence-corrected chi connectivity index (χ2v) is 6.72. The number of benzene rings is 1. The van der Waals surface area contributed by atoms with Crippen LogP contribution in [0.3, 0.4) is 0 Å². The Morgan fingerprint density at radius 2 is 2.08 bits per heavy atom. The molecule has 3 heterocycles. The molecule has 0 N–H and O–H groups in total. The molecule has 2 saturated heterocycles. The van der Waals surface area contributed by atoms with Gasteiger partial charge in [0.1, 0.15) is 5.82 Å². The molecule has 132 valence electrons. The van der Waals surface area contributed by atoms with E-state index in [0.717, 1.165) is 19.6 Å². The first-order chi connectivity index (χ1) is 12.1. The van der Waals surface area contributed by atoms with E-state index >= 15 is 0 Å². The third kappa shape index (κ3) is 3.05. The number of ether oxygens (including phenoxy) is 1. The number of aromatic nitrogens is 2. The van der Waals surface area contributed by atoms with Crippen LogP contribution in [0, 0.1) is 0 Å². The number of rotatable bonds is 3. The SMILES string of the molecule is Cn1c(CN2CCN(C3CCOC3)C(=O)C2)nc2ccccc2c1=O. The Morgan fingerprint density at radius 1 is 1.24 bits per heavy atom. The largest absolute Gasteiger partial charge is 0.379 e. The molecular formula is C18H22N4O3. The van der Waals surface area contributed by atoms with Gasteiger partial charge < -0.3 is 9.64 Å². The number of carbonyl (C=O) groups is 1. The molecule has 1 aromatic heterocycles. The highest BCUT2D eigenvalue weighted by Gasteiger charge is 2.32. The summed E-state index contributed by atoms with van der Waals surface area (Å²) in [7, 11) is 1.74. The van der Waals surface area contributed by atoms with Crippen molar-refractivity contribution in [1.82, 2.24) is 19.4 Å². The fraction of sp³-hybridized carbons (Fsp3) is 0.500. The van der Waals surface area contributed by atoms with Gasteiger partial charge in [-0.1, -0.05) is 12.1 Å². The van der Waals surface area contributed by atoms with E-state index in [1.807, 2.05) is 23.1 Å². The van der Waals surface area contributed by atoms with Crippen LogP contribution in [0.5, 0.6) is 0 Å². The molecule has 1 amide bonds. The normalized spacial score (nSPS) is 22.0. The molecular weight excluding hydrogens is 320 g/mol. The predicted molar refractivity (Wildman–Crippen MR) is 93.2 cm³/mol. The molecule has 1 atom stereocenters. The molecule has 0 spiro atoms. The first kappa shape index (κ1) is 16.2. The van der Waals surface area contributed by atoms with Gasteiger partial charge in [0.15, 0.2) is 0 Å². The van der Waals surface area contributed by atoms with Gasteiger partial charge >= 0.3 is 0 Å². The molecule has 1 aromatic carbocycles. The van der Waals surface area contributed by atoms with Crippen LogP contribution < -0.4 is 5.56 Å². The van der Waals surface area contributed by atoms with E-state index in [-0.39, 0.29) is 17.5 Å². The lowest BCUT2D eigenvalue weighted by molar-refractivity contribution is -0.139. The number of hydrogen-bond donors (Lipinski definition) is 0. The van der Waals surface area contributed by atoms with Crippen molar-refractivity contribution in [3.05, 3.63) is 40.4 Å². The lowest BCUT2D eigenvalue weighted by Gasteiger charge is -2.37.